The minimum absolute atomic E-state index is 0.190. The Hall–Kier alpha value is -0.240. The molecule has 0 radical (unpaired) electrons. The predicted molar refractivity (Wildman–Crippen MR) is 36.8 cm³/mol. The Morgan fingerprint density at radius 2 is 2.33 bits per heavy atom. The Morgan fingerprint density at radius 3 is 2.78 bits per heavy atom. The van der Waals surface area contributed by atoms with Gasteiger partial charge in [-0.1, -0.05) is 6.42 Å². The summed E-state index contributed by atoms with van der Waals surface area (Å²) in [4.78, 5) is 10.4. The van der Waals surface area contributed by atoms with Gasteiger partial charge in [-0.05, 0) is 12.8 Å². The molecule has 1 N–H and O–H groups in total. The van der Waals surface area contributed by atoms with Crippen LogP contribution in [0.5, 0.6) is 0 Å². The highest BCUT2D eigenvalue weighted by Crippen LogP contribution is 2.00. The largest absolute Gasteiger partial charge is 0.481 e. The molecule has 0 aromatic heterocycles. The topological polar surface area (TPSA) is 37.3 Å². The molecule has 54 valence electrons. The van der Waals surface area contributed by atoms with Crippen LogP contribution in [0, 0.1) is 0 Å². The molecule has 2 nitrogen and oxygen atoms in total. The van der Waals surface area contributed by atoms with Crippen molar-refractivity contribution >= 4 is 17.6 Å². The van der Waals surface area contributed by atoms with Crippen molar-refractivity contribution in [3.63, 3.8) is 0 Å². The molecule has 0 atom stereocenters. The Labute approximate surface area is 65.4 Å². The lowest BCUT2D eigenvalue weighted by molar-refractivity contribution is -0.137. The van der Waals surface area contributed by atoms with E-state index < -0.39 is 18.7 Å². The van der Waals surface area contributed by atoms with E-state index >= 15 is 0 Å². The van der Waals surface area contributed by atoms with Crippen LogP contribution in [0.4, 0.5) is 0 Å². The average molecular weight is 155 g/mol. The summed E-state index contributed by atoms with van der Waals surface area (Å²) in [5, 5.41) is 8.43. The van der Waals surface area contributed by atoms with Crippen LogP contribution in [0.15, 0.2) is 0 Å². The maximum Gasteiger partial charge on any atom is 0.303 e. The molecule has 0 spiro atoms. The van der Waals surface area contributed by atoms with Gasteiger partial charge in [-0.15, -0.1) is 11.6 Å². The van der Waals surface area contributed by atoms with E-state index in [2.05, 4.69) is 0 Å². The van der Waals surface area contributed by atoms with Gasteiger partial charge in [0.05, 0.1) is 0 Å². The fraction of sp³-hybridized carbons (Fsp3) is 0.833. The number of carbonyl (C=O) groups is 1. The third-order valence-electron chi connectivity index (χ3n) is 0.631. The van der Waals surface area contributed by atoms with Crippen LogP contribution in [0.25, 0.3) is 0 Å². The zero-order valence-electron chi connectivity index (χ0n) is 8.85. The molecule has 0 bridgehead atoms. The normalized spacial score (nSPS) is 19.2. The number of alkyl halides is 1. The highest BCUT2D eigenvalue weighted by Gasteiger charge is 1.94. The molecular weight excluding hydrogens is 140 g/mol. The van der Waals surface area contributed by atoms with Gasteiger partial charge >= 0.3 is 5.97 Å². The summed E-state index contributed by atoms with van der Waals surface area (Å²) >= 11 is 5.30. The van der Waals surface area contributed by atoms with Crippen LogP contribution < -0.4 is 0 Å². The van der Waals surface area contributed by atoms with E-state index in [4.69, 9.17) is 22.2 Å². The first-order chi connectivity index (χ1) is 5.75. The van der Waals surface area contributed by atoms with Crippen molar-refractivity contribution in [2.24, 2.45) is 0 Å². The van der Waals surface area contributed by atoms with Crippen LogP contribution in [0.3, 0.4) is 0 Å². The second-order valence-electron chi connectivity index (χ2n) is 1.40. The van der Waals surface area contributed by atoms with Gasteiger partial charge in [0, 0.05) is 17.7 Å². The number of carboxylic acid groups (broad SMARTS) is 1. The molecule has 0 aliphatic rings. The molecule has 0 fully saturated rings. The van der Waals surface area contributed by atoms with Gasteiger partial charge in [0.25, 0.3) is 0 Å². The number of carboxylic acids is 1. The van der Waals surface area contributed by atoms with E-state index in [1.165, 1.54) is 0 Å². The number of hydrogen-bond donors (Lipinski definition) is 1. The first-order valence-corrected chi connectivity index (χ1v) is 3.08. The second-order valence-corrected chi connectivity index (χ2v) is 1.78. The Bertz CT molecular complexity index is 195. The van der Waals surface area contributed by atoms with Crippen molar-refractivity contribution in [3.8, 4) is 0 Å². The molecule has 0 rings (SSSR count). The van der Waals surface area contributed by atoms with Gasteiger partial charge in [-0.25, -0.2) is 0 Å². The molecule has 0 aliphatic carbocycles. The molecule has 0 unspecified atom stereocenters. The van der Waals surface area contributed by atoms with Gasteiger partial charge < -0.3 is 5.11 Å². The van der Waals surface area contributed by atoms with E-state index in [0.29, 0.717) is 0 Å². The van der Waals surface area contributed by atoms with Gasteiger partial charge in [0.2, 0.25) is 0 Å². The molecule has 3 heteroatoms. The zero-order valence-corrected chi connectivity index (χ0v) is 5.61. The quantitative estimate of drug-likeness (QED) is 0.614. The summed E-state index contributed by atoms with van der Waals surface area (Å²) in [6, 6.07) is 0. The summed E-state index contributed by atoms with van der Waals surface area (Å²) < 4.78 is 28.5. The van der Waals surface area contributed by atoms with E-state index in [1.54, 1.807) is 0 Å². The molecule has 0 aromatic carbocycles. The minimum Gasteiger partial charge on any atom is -0.481 e. The van der Waals surface area contributed by atoms with Crippen molar-refractivity contribution in [2.45, 2.75) is 25.6 Å². The molecule has 0 saturated heterocycles. The van der Waals surface area contributed by atoms with Crippen LogP contribution >= 0.6 is 11.6 Å². The summed E-state index contributed by atoms with van der Waals surface area (Å²) in [5.41, 5.74) is 0. The van der Waals surface area contributed by atoms with Crippen LogP contribution in [0.1, 0.15) is 31.1 Å². The van der Waals surface area contributed by atoms with E-state index in [-0.39, 0.29) is 18.7 Å². The van der Waals surface area contributed by atoms with Crippen LogP contribution in [-0.2, 0) is 4.79 Å². The molecular formula is C6H11ClO2. The van der Waals surface area contributed by atoms with Crippen LogP contribution in [-0.4, -0.2) is 17.0 Å². The van der Waals surface area contributed by atoms with Crippen molar-refractivity contribution in [2.75, 3.05) is 5.88 Å². The molecule has 0 saturated carbocycles. The molecule has 0 aliphatic heterocycles. The predicted octanol–water partition coefficient (Wildman–Crippen LogP) is 1.87. The van der Waals surface area contributed by atoms with Gasteiger partial charge in [-0.3, -0.25) is 4.79 Å². The van der Waals surface area contributed by atoms with E-state index in [9.17, 15) is 4.79 Å². The zero-order chi connectivity index (χ0) is 10.7. The summed E-state index contributed by atoms with van der Waals surface area (Å²) in [5.74, 6) is -1.60. The van der Waals surface area contributed by atoms with Gasteiger partial charge in [0.1, 0.15) is 0 Å². The van der Waals surface area contributed by atoms with Crippen molar-refractivity contribution < 1.29 is 15.4 Å². The lowest BCUT2D eigenvalue weighted by atomic mass is 10.2. The Kier molecular flexibility index (Phi) is 2.50. The van der Waals surface area contributed by atoms with Crippen LogP contribution in [0.2, 0.25) is 0 Å². The minimum atomic E-state index is -2.86. The summed E-state index contributed by atoms with van der Waals surface area (Å²) in [6.45, 7) is 0. The first-order valence-electron chi connectivity index (χ1n) is 4.55. The Morgan fingerprint density at radius 1 is 1.67 bits per heavy atom. The number of hydrogen-bond acceptors (Lipinski definition) is 1. The monoisotopic (exact) mass is 154 g/mol. The first kappa shape index (κ1) is 3.81. The molecule has 9 heavy (non-hydrogen) atoms. The van der Waals surface area contributed by atoms with E-state index in [0.717, 1.165) is 0 Å². The van der Waals surface area contributed by atoms with E-state index in [1.807, 2.05) is 0 Å². The number of halogens is 1. The third kappa shape index (κ3) is 7.76. The molecule has 0 amide bonds. The van der Waals surface area contributed by atoms with Gasteiger partial charge in [0.15, 0.2) is 0 Å². The SMILES string of the molecule is [2H]C([2H])(CCCCl)C([2H])([2H])C(=O)O. The standard InChI is InChI=1S/C6H11ClO2/c7-5-3-1-2-4-6(8)9/h1-5H2,(H,8,9)/i2D2,4D2. The maximum atomic E-state index is 10.4. The highest BCUT2D eigenvalue weighted by atomic mass is 35.5. The lowest BCUT2D eigenvalue weighted by Gasteiger charge is -1.92. The smallest absolute Gasteiger partial charge is 0.303 e. The van der Waals surface area contributed by atoms with Crippen molar-refractivity contribution in [1.82, 2.24) is 0 Å². The second kappa shape index (κ2) is 5.89. The summed E-state index contributed by atoms with van der Waals surface area (Å²) in [7, 11) is 0. The third-order valence-corrected chi connectivity index (χ3v) is 0.898. The maximum absolute atomic E-state index is 10.4. The van der Waals surface area contributed by atoms with Gasteiger partial charge in [-0.2, -0.15) is 0 Å². The molecule has 0 aromatic rings. The number of aliphatic carboxylic acids is 1. The van der Waals surface area contributed by atoms with Crippen molar-refractivity contribution in [1.29, 1.82) is 0 Å². The Balaban J connectivity index is 4.50. The number of rotatable bonds is 5. The summed E-state index contributed by atoms with van der Waals surface area (Å²) in [6.07, 6.45) is -5.19. The lowest BCUT2D eigenvalue weighted by Crippen LogP contribution is -1.93. The van der Waals surface area contributed by atoms with Crippen molar-refractivity contribution in [3.05, 3.63) is 0 Å². The fourth-order valence-corrected chi connectivity index (χ4v) is 0.427. The molecule has 0 heterocycles. The fourth-order valence-electron chi connectivity index (χ4n) is 0.293. The highest BCUT2D eigenvalue weighted by molar-refractivity contribution is 6.17. The average Bonchev–Trinajstić information content (AvgIpc) is 2.00.